The highest BCUT2D eigenvalue weighted by Crippen LogP contribution is 2.32. The van der Waals surface area contributed by atoms with Gasteiger partial charge in [0.15, 0.2) is 0 Å². The van der Waals surface area contributed by atoms with Crippen molar-refractivity contribution in [1.29, 1.82) is 0 Å². The molecule has 0 fully saturated rings. The monoisotopic (exact) mass is 213 g/mol. The highest BCUT2D eigenvalue weighted by atomic mass is 19.4. The van der Waals surface area contributed by atoms with E-state index in [0.717, 1.165) is 28.8 Å². The average molecular weight is 213 g/mol. The molecule has 0 aliphatic heterocycles. The summed E-state index contributed by atoms with van der Waals surface area (Å²) < 4.78 is 37.2. The number of benzene rings is 1. The van der Waals surface area contributed by atoms with Crippen LogP contribution in [0, 0.1) is 13.8 Å². The lowest BCUT2D eigenvalue weighted by Crippen LogP contribution is -2.04. The smallest absolute Gasteiger partial charge is 0.358 e. The molecule has 0 aliphatic rings. The number of fused-ring (bicyclic) bond motifs is 1. The number of H-pyrrole nitrogens is 1. The van der Waals surface area contributed by atoms with Gasteiger partial charge < -0.3 is 4.98 Å². The standard InChI is InChI=1S/C11H10F3N/c1-6-7(2)15-10-5-8(11(12,13)14)3-4-9(6)10/h3-5,15H,1-2H3. The number of aromatic amines is 1. The lowest BCUT2D eigenvalue weighted by atomic mass is 10.1. The third-order valence-electron chi connectivity index (χ3n) is 2.64. The molecule has 1 aromatic heterocycles. The Labute approximate surface area is 84.9 Å². The molecule has 0 aliphatic carbocycles. The molecular formula is C11H10F3N. The fourth-order valence-corrected chi connectivity index (χ4v) is 1.65. The molecule has 0 saturated heterocycles. The van der Waals surface area contributed by atoms with Crippen molar-refractivity contribution in [1.82, 2.24) is 4.98 Å². The zero-order valence-corrected chi connectivity index (χ0v) is 8.37. The summed E-state index contributed by atoms with van der Waals surface area (Å²) in [5.41, 5.74) is 1.83. The normalized spacial score (nSPS) is 12.3. The minimum atomic E-state index is -4.28. The van der Waals surface area contributed by atoms with Gasteiger partial charge in [-0.25, -0.2) is 0 Å². The van der Waals surface area contributed by atoms with E-state index in [-0.39, 0.29) is 0 Å². The number of hydrogen-bond acceptors (Lipinski definition) is 0. The number of alkyl halides is 3. The average Bonchev–Trinajstić information content (AvgIpc) is 2.41. The van der Waals surface area contributed by atoms with E-state index in [4.69, 9.17) is 0 Å². The Bertz CT molecular complexity index is 508. The van der Waals surface area contributed by atoms with Gasteiger partial charge in [-0.15, -0.1) is 0 Å². The molecule has 2 aromatic rings. The largest absolute Gasteiger partial charge is 0.416 e. The number of aromatic nitrogens is 1. The Balaban J connectivity index is 2.67. The summed E-state index contributed by atoms with van der Waals surface area (Å²) in [4.78, 5) is 2.94. The zero-order chi connectivity index (χ0) is 11.2. The van der Waals surface area contributed by atoms with Crippen LogP contribution < -0.4 is 0 Å². The first-order valence-corrected chi connectivity index (χ1v) is 4.55. The van der Waals surface area contributed by atoms with Gasteiger partial charge in [-0.05, 0) is 31.5 Å². The van der Waals surface area contributed by atoms with E-state index in [1.165, 1.54) is 6.07 Å². The van der Waals surface area contributed by atoms with Gasteiger partial charge in [0.05, 0.1) is 5.56 Å². The molecule has 0 spiro atoms. The summed E-state index contributed by atoms with van der Waals surface area (Å²) in [6, 6.07) is 3.77. The molecule has 1 N–H and O–H groups in total. The Morgan fingerprint density at radius 1 is 1.13 bits per heavy atom. The predicted molar refractivity (Wildman–Crippen MR) is 52.8 cm³/mol. The summed E-state index contributed by atoms with van der Waals surface area (Å²) in [5.74, 6) is 0. The topological polar surface area (TPSA) is 15.8 Å². The fraction of sp³-hybridized carbons (Fsp3) is 0.273. The van der Waals surface area contributed by atoms with E-state index in [2.05, 4.69) is 4.98 Å². The van der Waals surface area contributed by atoms with Gasteiger partial charge in [-0.3, -0.25) is 0 Å². The van der Waals surface area contributed by atoms with Gasteiger partial charge in [0.2, 0.25) is 0 Å². The van der Waals surface area contributed by atoms with Crippen molar-refractivity contribution in [2.45, 2.75) is 20.0 Å². The fourth-order valence-electron chi connectivity index (χ4n) is 1.65. The lowest BCUT2D eigenvalue weighted by Gasteiger charge is -2.05. The van der Waals surface area contributed by atoms with Crippen LogP contribution >= 0.6 is 0 Å². The molecule has 0 radical (unpaired) electrons. The van der Waals surface area contributed by atoms with E-state index < -0.39 is 11.7 Å². The van der Waals surface area contributed by atoms with Crippen LogP contribution in [-0.2, 0) is 6.18 Å². The first-order valence-electron chi connectivity index (χ1n) is 4.55. The van der Waals surface area contributed by atoms with E-state index in [1.54, 1.807) is 0 Å². The second kappa shape index (κ2) is 3.02. The van der Waals surface area contributed by atoms with Gasteiger partial charge in [0, 0.05) is 16.6 Å². The second-order valence-corrected chi connectivity index (χ2v) is 3.63. The van der Waals surface area contributed by atoms with Crippen LogP contribution in [-0.4, -0.2) is 4.98 Å². The third kappa shape index (κ3) is 1.60. The van der Waals surface area contributed by atoms with Crippen LogP contribution in [0.3, 0.4) is 0 Å². The number of rotatable bonds is 0. The minimum Gasteiger partial charge on any atom is -0.358 e. The van der Waals surface area contributed by atoms with Crippen molar-refractivity contribution in [3.05, 3.63) is 35.0 Å². The number of nitrogens with one attached hydrogen (secondary N) is 1. The Morgan fingerprint density at radius 3 is 2.40 bits per heavy atom. The lowest BCUT2D eigenvalue weighted by molar-refractivity contribution is -0.137. The van der Waals surface area contributed by atoms with Crippen molar-refractivity contribution in [2.24, 2.45) is 0 Å². The predicted octanol–water partition coefficient (Wildman–Crippen LogP) is 3.80. The molecule has 0 saturated carbocycles. The van der Waals surface area contributed by atoms with Gasteiger partial charge in [-0.2, -0.15) is 13.2 Å². The van der Waals surface area contributed by atoms with Crippen LogP contribution in [0.4, 0.5) is 13.2 Å². The van der Waals surface area contributed by atoms with Crippen molar-refractivity contribution < 1.29 is 13.2 Å². The van der Waals surface area contributed by atoms with Crippen molar-refractivity contribution in [3.63, 3.8) is 0 Å². The van der Waals surface area contributed by atoms with Crippen LogP contribution in [0.1, 0.15) is 16.8 Å². The maximum absolute atomic E-state index is 12.4. The van der Waals surface area contributed by atoms with Crippen LogP contribution in [0.2, 0.25) is 0 Å². The van der Waals surface area contributed by atoms with Gasteiger partial charge >= 0.3 is 6.18 Å². The first-order chi connectivity index (χ1) is 6.89. The SMILES string of the molecule is Cc1[nH]c2cc(C(F)(F)F)ccc2c1C. The molecule has 1 nitrogen and oxygen atoms in total. The van der Waals surface area contributed by atoms with E-state index in [0.29, 0.717) is 5.52 Å². The van der Waals surface area contributed by atoms with E-state index in [9.17, 15) is 13.2 Å². The summed E-state index contributed by atoms with van der Waals surface area (Å²) in [6.07, 6.45) is -4.28. The molecule has 15 heavy (non-hydrogen) atoms. The summed E-state index contributed by atoms with van der Waals surface area (Å²) >= 11 is 0. The molecule has 0 atom stereocenters. The Kier molecular flexibility index (Phi) is 2.03. The van der Waals surface area contributed by atoms with Crippen LogP contribution in [0.5, 0.6) is 0 Å². The van der Waals surface area contributed by atoms with Crippen molar-refractivity contribution in [3.8, 4) is 0 Å². The highest BCUT2D eigenvalue weighted by Gasteiger charge is 2.30. The highest BCUT2D eigenvalue weighted by molar-refractivity contribution is 5.85. The second-order valence-electron chi connectivity index (χ2n) is 3.63. The van der Waals surface area contributed by atoms with Gasteiger partial charge in [0.1, 0.15) is 0 Å². The number of hydrogen-bond donors (Lipinski definition) is 1. The molecule has 80 valence electrons. The molecule has 0 bridgehead atoms. The third-order valence-corrected chi connectivity index (χ3v) is 2.64. The minimum absolute atomic E-state index is 0.542. The van der Waals surface area contributed by atoms with Gasteiger partial charge in [-0.1, -0.05) is 6.07 Å². The summed E-state index contributed by atoms with van der Waals surface area (Å²) in [6.45, 7) is 3.74. The molecule has 2 rings (SSSR count). The Hall–Kier alpha value is -1.45. The zero-order valence-electron chi connectivity index (χ0n) is 8.37. The summed E-state index contributed by atoms with van der Waals surface area (Å²) in [7, 11) is 0. The molecule has 4 heteroatoms. The Morgan fingerprint density at radius 2 is 1.80 bits per heavy atom. The maximum Gasteiger partial charge on any atom is 0.416 e. The molecular weight excluding hydrogens is 203 g/mol. The van der Waals surface area contributed by atoms with Gasteiger partial charge in [0.25, 0.3) is 0 Å². The van der Waals surface area contributed by atoms with E-state index >= 15 is 0 Å². The molecule has 1 heterocycles. The maximum atomic E-state index is 12.4. The number of aryl methyl sites for hydroxylation is 2. The molecule has 0 amide bonds. The van der Waals surface area contributed by atoms with Crippen LogP contribution in [0.15, 0.2) is 18.2 Å². The van der Waals surface area contributed by atoms with Crippen LogP contribution in [0.25, 0.3) is 10.9 Å². The van der Waals surface area contributed by atoms with Crippen molar-refractivity contribution >= 4 is 10.9 Å². The summed E-state index contributed by atoms with van der Waals surface area (Å²) in [5, 5.41) is 0.848. The quantitative estimate of drug-likeness (QED) is 0.685. The first kappa shape index (κ1) is 10.1. The van der Waals surface area contributed by atoms with Crippen molar-refractivity contribution in [2.75, 3.05) is 0 Å². The van der Waals surface area contributed by atoms with E-state index in [1.807, 2.05) is 13.8 Å². The number of halogens is 3. The molecule has 0 unspecified atom stereocenters. The molecule has 1 aromatic carbocycles.